The summed E-state index contributed by atoms with van der Waals surface area (Å²) in [6.45, 7) is 12.5. The summed E-state index contributed by atoms with van der Waals surface area (Å²) in [5.41, 5.74) is -2.51. The summed E-state index contributed by atoms with van der Waals surface area (Å²) in [7, 11) is -2.27. The van der Waals surface area contributed by atoms with Gasteiger partial charge in [0.15, 0.2) is 6.49 Å². The maximum Gasteiger partial charge on any atom is 0.324 e. The van der Waals surface area contributed by atoms with Crippen molar-refractivity contribution in [3.05, 3.63) is 35.7 Å². The van der Waals surface area contributed by atoms with Gasteiger partial charge in [-0.15, -0.1) is 0 Å². The van der Waals surface area contributed by atoms with Gasteiger partial charge >= 0.3 is 6.72 Å². The fraction of sp³-hybridized carbons (Fsp3) is 0.806. The summed E-state index contributed by atoms with van der Waals surface area (Å²) in [6, 6.07) is 0. The Morgan fingerprint density at radius 2 is 0.889 bits per heavy atom. The largest absolute Gasteiger partial charge is 0.368 e. The van der Waals surface area contributed by atoms with Crippen molar-refractivity contribution in [3.8, 4) is 0 Å². The van der Waals surface area contributed by atoms with Crippen molar-refractivity contribution in [2.45, 2.75) is 95.0 Å². The van der Waals surface area contributed by atoms with Gasteiger partial charge in [-0.2, -0.15) is 0 Å². The Morgan fingerprint density at radius 3 is 1.17 bits per heavy atom. The second-order valence-corrected chi connectivity index (χ2v) is 36.3. The van der Waals surface area contributed by atoms with Crippen LogP contribution in [0.4, 0.5) is 0 Å². The zero-order valence-corrected chi connectivity index (χ0v) is 42.2. The van der Waals surface area contributed by atoms with Gasteiger partial charge in [0.1, 0.15) is 39.7 Å². The van der Waals surface area contributed by atoms with Crippen LogP contribution in [0.15, 0.2) is 35.7 Å². The second-order valence-electron chi connectivity index (χ2n) is 14.5. The minimum absolute atomic E-state index is 0.00426. The third-order valence-corrected chi connectivity index (χ3v) is 16.4. The molecule has 0 aromatic heterocycles. The monoisotopic (exact) mass is 956 g/mol. The lowest BCUT2D eigenvalue weighted by Crippen LogP contribution is -2.21. The van der Waals surface area contributed by atoms with Crippen molar-refractivity contribution in [1.29, 1.82) is 0 Å². The average molecular weight is 957 g/mol. The summed E-state index contributed by atoms with van der Waals surface area (Å²) in [4.78, 5) is 9.66. The zero-order valence-electron chi connectivity index (χ0n) is 33.5. The maximum atomic E-state index is 11.7. The lowest BCUT2D eigenvalue weighted by molar-refractivity contribution is 0.0486. The van der Waals surface area contributed by atoms with Crippen LogP contribution in [0.1, 0.15) is 40.0 Å². The summed E-state index contributed by atoms with van der Waals surface area (Å²) in [5, 5.41) is 0. The van der Waals surface area contributed by atoms with E-state index in [4.69, 9.17) is 76.8 Å². The van der Waals surface area contributed by atoms with E-state index < -0.39 is 40.3 Å². The van der Waals surface area contributed by atoms with Crippen LogP contribution < -0.4 is 0 Å². The molecule has 3 aliphatic heterocycles. The number of hydrogen-bond acceptors (Lipinski definition) is 15. The van der Waals surface area contributed by atoms with Gasteiger partial charge in [0.25, 0.3) is 0 Å². The second kappa shape index (κ2) is 23.1. The van der Waals surface area contributed by atoms with Crippen LogP contribution >= 0.6 is 52.6 Å². The molecule has 1 N–H and O–H groups in total. The molecule has 0 aromatic carbocycles. The highest BCUT2D eigenvalue weighted by molar-refractivity contribution is 8.60. The van der Waals surface area contributed by atoms with Gasteiger partial charge in [-0.05, 0) is 132 Å². The zero-order chi connectivity index (χ0) is 41.9. The average Bonchev–Trinajstić information content (AvgIpc) is 3.66. The van der Waals surface area contributed by atoms with E-state index in [1.54, 1.807) is 83.4 Å². The van der Waals surface area contributed by atoms with Crippen molar-refractivity contribution < 1.29 is 59.9 Å². The molecule has 0 radical (unpaired) electrons. The highest BCUT2D eigenvalue weighted by Gasteiger charge is 2.37. The number of hydrogen-bond donors (Lipinski definition) is 2. The lowest BCUT2D eigenvalue weighted by atomic mass is 10.1. The molecule has 0 saturated carbocycles. The van der Waals surface area contributed by atoms with Crippen LogP contribution in [0.2, 0.25) is 0 Å². The molecule has 23 heteroatoms. The van der Waals surface area contributed by atoms with E-state index in [1.807, 2.05) is 26.8 Å². The molecule has 13 nitrogen and oxygen atoms in total. The Morgan fingerprint density at radius 1 is 0.574 bits per heavy atom. The van der Waals surface area contributed by atoms with Crippen molar-refractivity contribution in [2.75, 3.05) is 68.0 Å². The first-order valence-corrected chi connectivity index (χ1v) is 34.5. The molecule has 3 rings (SSSR count). The molecule has 0 aliphatic carbocycles. The van der Waals surface area contributed by atoms with Crippen molar-refractivity contribution in [1.82, 2.24) is 0 Å². The first kappa shape index (κ1) is 53.8. The summed E-state index contributed by atoms with van der Waals surface area (Å²) >= 11 is 19.4. The standard InChI is InChI=1S/C11H22O4P2S.C10H20O5P2S.C10H20O4P2S2/c1-9-8-11(15-17(5,18)13-2)10(14-9)6-7-16(3,4)12;1-8-7-10(15-17(12,18)13-2)9(14-8)5-6-16(3,4)11;1-8-7-10(14-16(17,18)12-2)9(13-8)5-6-15(3,4)11/h6-7,9-11H,8H2,1-5H3;5-6,8-10H,7H2,1-4H3,(H,12,18);5-6,8-10H,7H2,1-4H3,(H,17,18)/b7-6+;2*6-5+/t9-,10+,11-,17?;8-,9+,10-,17?;8-,9+,10-/m000/s1. The molecule has 0 aromatic rings. The van der Waals surface area contributed by atoms with E-state index in [1.165, 1.54) is 14.2 Å². The normalized spacial score (nSPS) is 32.8. The van der Waals surface area contributed by atoms with Gasteiger partial charge in [-0.25, -0.2) is 0 Å². The molecule has 3 saturated heterocycles. The summed E-state index contributed by atoms with van der Waals surface area (Å²) in [6.07, 6.45) is 6.25. The van der Waals surface area contributed by atoms with Crippen molar-refractivity contribution >= 4 is 88.0 Å². The summed E-state index contributed by atoms with van der Waals surface area (Å²) < 4.78 is 84.0. The van der Waals surface area contributed by atoms with Crippen molar-refractivity contribution in [2.24, 2.45) is 0 Å². The van der Waals surface area contributed by atoms with E-state index in [2.05, 4.69) is 12.2 Å². The van der Waals surface area contributed by atoms with Crippen LogP contribution in [-0.2, 0) is 90.5 Å². The fourth-order valence-electron chi connectivity index (χ4n) is 5.03. The van der Waals surface area contributed by atoms with Crippen LogP contribution in [-0.4, -0.2) is 128 Å². The Bertz CT molecular complexity index is 1400. The van der Waals surface area contributed by atoms with Gasteiger partial charge in [-0.3, -0.25) is 0 Å². The van der Waals surface area contributed by atoms with Crippen molar-refractivity contribution in [3.63, 3.8) is 0 Å². The Kier molecular flexibility index (Phi) is 23.1. The molecule has 0 spiro atoms. The van der Waals surface area contributed by atoms with E-state index in [-0.39, 0.29) is 54.9 Å². The summed E-state index contributed by atoms with van der Waals surface area (Å²) in [5.74, 6) is 5.05. The number of thiol groups is 1. The minimum Gasteiger partial charge on any atom is -0.368 e. The van der Waals surface area contributed by atoms with E-state index in [0.29, 0.717) is 6.42 Å². The molecule has 54 heavy (non-hydrogen) atoms. The number of rotatable bonds is 15. The fourth-order valence-corrected chi connectivity index (χ4v) is 10.2. The first-order chi connectivity index (χ1) is 24.4. The highest BCUT2D eigenvalue weighted by atomic mass is 32.9. The molecule has 12 atom stereocenters. The smallest absolute Gasteiger partial charge is 0.324 e. The molecular weight excluding hydrogens is 894 g/mol. The molecule has 3 heterocycles. The molecular formula is C31H62O13P6S4. The van der Waals surface area contributed by atoms with E-state index >= 15 is 0 Å². The Labute approximate surface area is 344 Å². The van der Waals surface area contributed by atoms with Gasteiger partial charge in [0.2, 0.25) is 5.69 Å². The topological polar surface area (TPSA) is 155 Å². The van der Waals surface area contributed by atoms with Crippen LogP contribution in [0.3, 0.4) is 0 Å². The highest BCUT2D eigenvalue weighted by Crippen LogP contribution is 2.55. The number of ether oxygens (including phenoxy) is 3. The molecule has 0 amide bonds. The van der Waals surface area contributed by atoms with E-state index in [9.17, 15) is 18.6 Å². The third-order valence-electron chi connectivity index (χ3n) is 7.52. The molecule has 0 bridgehead atoms. The Hall–Kier alpha value is 1.81. The minimum atomic E-state index is -3.20. The van der Waals surface area contributed by atoms with Gasteiger partial charge in [0, 0.05) is 47.3 Å². The molecule has 3 aliphatic rings. The van der Waals surface area contributed by atoms with Crippen LogP contribution in [0.25, 0.3) is 0 Å². The van der Waals surface area contributed by atoms with Gasteiger partial charge in [0.05, 0.1) is 36.6 Å². The Balaban J connectivity index is 0.000000405. The SMILES string of the molecule is COP(=S)(S)O[C@H]1C[C@H](C)O[C@@H]1/C=C/P(C)(C)=O.COP(C)(=S)O[C@H]1C[C@H](C)O[C@@H]1/C=C/P(C)(C)=O.COP(O)(=S)O[C@H]1C[C@H](C)O[C@@H]1/C=C/P(C)(C)=O. The lowest BCUT2D eigenvalue weighted by Gasteiger charge is -2.22. The first-order valence-electron chi connectivity index (χ1n) is 17.0. The van der Waals surface area contributed by atoms with Crippen LogP contribution in [0.5, 0.6) is 0 Å². The van der Waals surface area contributed by atoms with Gasteiger partial charge in [-0.1, -0.05) is 12.2 Å². The molecule has 3 unspecified atom stereocenters. The maximum absolute atomic E-state index is 11.7. The predicted molar refractivity (Wildman–Crippen MR) is 238 cm³/mol. The third kappa shape index (κ3) is 23.6. The van der Waals surface area contributed by atoms with Gasteiger partial charge < -0.3 is 59.9 Å². The quantitative estimate of drug-likeness (QED) is 0.118. The van der Waals surface area contributed by atoms with E-state index in [0.717, 1.165) is 12.8 Å². The van der Waals surface area contributed by atoms with Crippen LogP contribution in [0, 0.1) is 0 Å². The molecule has 318 valence electrons. The predicted octanol–water partition coefficient (Wildman–Crippen LogP) is 9.31. The molecule has 3 fully saturated rings.